The number of aromatic nitrogens is 3. The summed E-state index contributed by atoms with van der Waals surface area (Å²) in [6, 6.07) is 5.68. The quantitative estimate of drug-likeness (QED) is 0.483. The standard InChI is InChI=1S/C25H27F3N4O3S/c1-14-11-17(36(3,34)35)6-7-19(14)30-23-29-13-16-12-18(15(2)25(26,27)28)22(33)32(21(16)31-23)20-5-4-8-24(20)9-10-24/h6-7,11-13,15,20H,4-5,8-10H2,1-3H3,(H,29,30,31). The van der Waals surface area contributed by atoms with Crippen LogP contribution in [0.1, 0.15) is 62.1 Å². The normalized spacial score (nSPS) is 20.1. The number of rotatable bonds is 5. The van der Waals surface area contributed by atoms with Crippen LogP contribution in [-0.2, 0) is 9.84 Å². The molecule has 0 saturated heterocycles. The number of nitrogens with zero attached hydrogens (tertiary/aromatic N) is 3. The van der Waals surface area contributed by atoms with E-state index in [1.165, 1.54) is 29.0 Å². The Kier molecular flexibility index (Phi) is 5.70. The maximum Gasteiger partial charge on any atom is 0.395 e. The van der Waals surface area contributed by atoms with Crippen molar-refractivity contribution in [1.82, 2.24) is 14.5 Å². The molecule has 3 aromatic rings. The number of nitrogens with one attached hydrogen (secondary N) is 1. The molecular formula is C25H27F3N4O3S. The smallest absolute Gasteiger partial charge is 0.324 e. The minimum absolute atomic E-state index is 0.0482. The molecule has 2 saturated carbocycles. The van der Waals surface area contributed by atoms with Crippen LogP contribution >= 0.6 is 0 Å². The molecule has 36 heavy (non-hydrogen) atoms. The van der Waals surface area contributed by atoms with Crippen molar-refractivity contribution in [3.63, 3.8) is 0 Å². The summed E-state index contributed by atoms with van der Waals surface area (Å²) in [5.74, 6) is -1.74. The Balaban J connectivity index is 1.63. The second kappa shape index (κ2) is 8.29. The molecule has 1 aromatic carbocycles. The number of hydrogen-bond donors (Lipinski definition) is 1. The van der Waals surface area contributed by atoms with Crippen LogP contribution in [0.25, 0.3) is 11.0 Å². The van der Waals surface area contributed by atoms with Gasteiger partial charge in [0.1, 0.15) is 5.65 Å². The third-order valence-corrected chi connectivity index (χ3v) is 8.80. The molecule has 2 aliphatic carbocycles. The summed E-state index contributed by atoms with van der Waals surface area (Å²) >= 11 is 0. The molecule has 2 aliphatic rings. The van der Waals surface area contributed by atoms with Gasteiger partial charge in [-0.2, -0.15) is 18.2 Å². The first kappa shape index (κ1) is 24.7. The van der Waals surface area contributed by atoms with Gasteiger partial charge in [0.2, 0.25) is 5.95 Å². The van der Waals surface area contributed by atoms with Crippen molar-refractivity contribution in [3.8, 4) is 0 Å². The Bertz CT molecular complexity index is 1530. The zero-order valence-corrected chi connectivity index (χ0v) is 21.0. The molecular weight excluding hydrogens is 493 g/mol. The van der Waals surface area contributed by atoms with Gasteiger partial charge in [0.15, 0.2) is 9.84 Å². The highest BCUT2D eigenvalue weighted by molar-refractivity contribution is 7.90. The number of fused-ring (bicyclic) bond motifs is 1. The summed E-state index contributed by atoms with van der Waals surface area (Å²) in [5, 5.41) is 3.44. The second-order valence-corrected chi connectivity index (χ2v) is 12.2. The van der Waals surface area contributed by atoms with Gasteiger partial charge < -0.3 is 5.32 Å². The van der Waals surface area contributed by atoms with E-state index in [1.807, 2.05) is 0 Å². The summed E-state index contributed by atoms with van der Waals surface area (Å²) in [5.41, 5.74) is 0.545. The number of sulfone groups is 1. The Hall–Kier alpha value is -2.95. The molecule has 2 fully saturated rings. The van der Waals surface area contributed by atoms with Crippen LogP contribution in [0.5, 0.6) is 0 Å². The van der Waals surface area contributed by atoms with Crippen molar-refractivity contribution in [2.24, 2.45) is 5.41 Å². The highest BCUT2D eigenvalue weighted by Crippen LogP contribution is 2.63. The van der Waals surface area contributed by atoms with E-state index in [4.69, 9.17) is 0 Å². The summed E-state index contributed by atoms with van der Waals surface area (Å²) in [7, 11) is -3.37. The summed E-state index contributed by atoms with van der Waals surface area (Å²) in [6.07, 6.45) is 2.51. The van der Waals surface area contributed by atoms with E-state index in [-0.39, 0.29) is 27.9 Å². The van der Waals surface area contributed by atoms with Crippen LogP contribution in [0.4, 0.5) is 24.8 Å². The van der Waals surface area contributed by atoms with Crippen LogP contribution in [0.2, 0.25) is 0 Å². The molecule has 2 aromatic heterocycles. The summed E-state index contributed by atoms with van der Waals surface area (Å²) in [4.78, 5) is 22.6. The Labute approximate surface area is 206 Å². The Morgan fingerprint density at radius 3 is 2.53 bits per heavy atom. The first-order valence-corrected chi connectivity index (χ1v) is 13.8. The predicted molar refractivity (Wildman–Crippen MR) is 130 cm³/mol. The largest absolute Gasteiger partial charge is 0.395 e. The molecule has 192 valence electrons. The molecule has 11 heteroatoms. The lowest BCUT2D eigenvalue weighted by Gasteiger charge is -2.25. The predicted octanol–water partition coefficient (Wildman–Crippen LogP) is 5.42. The number of aryl methyl sites for hydroxylation is 1. The minimum Gasteiger partial charge on any atom is -0.324 e. The highest BCUT2D eigenvalue weighted by atomic mass is 32.2. The second-order valence-electron chi connectivity index (χ2n) is 10.2. The topological polar surface area (TPSA) is 94.0 Å². The summed E-state index contributed by atoms with van der Waals surface area (Å²) in [6.45, 7) is 2.75. The van der Waals surface area contributed by atoms with Crippen LogP contribution in [-0.4, -0.2) is 35.4 Å². The van der Waals surface area contributed by atoms with E-state index in [9.17, 15) is 26.4 Å². The first-order valence-electron chi connectivity index (χ1n) is 11.9. The summed E-state index contributed by atoms with van der Waals surface area (Å²) < 4.78 is 66.0. The van der Waals surface area contributed by atoms with Crippen molar-refractivity contribution in [2.45, 2.75) is 69.0 Å². The monoisotopic (exact) mass is 520 g/mol. The van der Waals surface area contributed by atoms with E-state index in [0.717, 1.165) is 45.3 Å². The first-order chi connectivity index (χ1) is 16.8. The van der Waals surface area contributed by atoms with Gasteiger partial charge in [-0.1, -0.05) is 6.42 Å². The van der Waals surface area contributed by atoms with Gasteiger partial charge in [-0.05, 0) is 74.8 Å². The average Bonchev–Trinajstić information content (AvgIpc) is 3.45. The number of hydrogen-bond acceptors (Lipinski definition) is 6. The van der Waals surface area contributed by atoms with E-state index in [1.54, 1.807) is 13.0 Å². The number of benzene rings is 1. The molecule has 2 heterocycles. The molecule has 0 bridgehead atoms. The van der Waals surface area contributed by atoms with Gasteiger partial charge in [-0.3, -0.25) is 9.36 Å². The maximum absolute atomic E-state index is 13.6. The highest BCUT2D eigenvalue weighted by Gasteiger charge is 2.53. The number of anilines is 2. The van der Waals surface area contributed by atoms with Gasteiger partial charge in [0.05, 0.1) is 10.8 Å². The van der Waals surface area contributed by atoms with Gasteiger partial charge in [0, 0.05) is 35.1 Å². The lowest BCUT2D eigenvalue weighted by atomic mass is 9.97. The van der Waals surface area contributed by atoms with E-state index < -0.39 is 27.5 Å². The minimum atomic E-state index is -4.55. The van der Waals surface area contributed by atoms with Crippen molar-refractivity contribution in [1.29, 1.82) is 0 Å². The molecule has 2 atom stereocenters. The fraction of sp³-hybridized carbons (Fsp3) is 0.480. The molecule has 5 rings (SSSR count). The van der Waals surface area contributed by atoms with E-state index >= 15 is 0 Å². The lowest BCUT2D eigenvalue weighted by Crippen LogP contribution is -2.34. The fourth-order valence-corrected chi connectivity index (χ4v) is 6.08. The van der Waals surface area contributed by atoms with E-state index in [2.05, 4.69) is 15.3 Å². The Morgan fingerprint density at radius 1 is 1.19 bits per heavy atom. The van der Waals surface area contributed by atoms with Crippen molar-refractivity contribution in [2.75, 3.05) is 11.6 Å². The number of alkyl halides is 3. The zero-order chi connectivity index (χ0) is 26.0. The molecule has 2 unspecified atom stereocenters. The molecule has 0 amide bonds. The third kappa shape index (κ3) is 4.27. The van der Waals surface area contributed by atoms with Crippen LogP contribution in [0, 0.1) is 12.3 Å². The SMILES string of the molecule is Cc1cc(S(C)(=O)=O)ccc1Nc1ncc2cc(C(C)C(F)(F)F)c(=O)n(C3CCCC34CC4)c2n1. The van der Waals surface area contributed by atoms with Crippen molar-refractivity contribution >= 4 is 32.5 Å². The number of halogens is 3. The fourth-order valence-electron chi connectivity index (χ4n) is 5.37. The van der Waals surface area contributed by atoms with Crippen molar-refractivity contribution in [3.05, 3.63) is 51.9 Å². The van der Waals surface area contributed by atoms with E-state index in [0.29, 0.717) is 22.3 Å². The average molecular weight is 521 g/mol. The van der Waals surface area contributed by atoms with Gasteiger partial charge >= 0.3 is 6.18 Å². The number of pyridine rings is 1. The molecule has 1 N–H and O–H groups in total. The molecule has 1 spiro atoms. The van der Waals surface area contributed by atoms with Crippen LogP contribution in [0.15, 0.2) is 40.2 Å². The van der Waals surface area contributed by atoms with Crippen LogP contribution < -0.4 is 10.9 Å². The zero-order valence-electron chi connectivity index (χ0n) is 20.2. The van der Waals surface area contributed by atoms with Gasteiger partial charge in [-0.25, -0.2) is 13.4 Å². The molecule has 7 nitrogen and oxygen atoms in total. The molecule has 0 radical (unpaired) electrons. The van der Waals surface area contributed by atoms with Crippen LogP contribution in [0.3, 0.4) is 0 Å². The molecule has 0 aliphatic heterocycles. The lowest BCUT2D eigenvalue weighted by molar-refractivity contribution is -0.146. The third-order valence-electron chi connectivity index (χ3n) is 7.69. The van der Waals surface area contributed by atoms with Gasteiger partial charge in [0.25, 0.3) is 5.56 Å². The Morgan fingerprint density at radius 2 is 1.92 bits per heavy atom. The van der Waals surface area contributed by atoms with Gasteiger partial charge in [-0.15, -0.1) is 0 Å². The maximum atomic E-state index is 13.6. The van der Waals surface area contributed by atoms with Crippen molar-refractivity contribution < 1.29 is 21.6 Å².